The summed E-state index contributed by atoms with van der Waals surface area (Å²) >= 11 is 6.11. The SMILES string of the molecule is CC(C)(C)[Si](C)(C)OC1C[C@H](N2C=C(F)C(=O)NC2O)O[C@@]1(CO)CCl. The molecule has 2 rings (SSSR count). The summed E-state index contributed by atoms with van der Waals surface area (Å²) in [6.45, 7) is 10.1. The standard InChI is InChI=1S/C16H28ClFN2O5Si/c1-15(2,3)26(4,5)25-11-6-12(24-16(11,8-17)9-21)20-7-10(18)13(22)19-14(20)23/h7,11-12,14,21,23H,6,8-9H2,1-5H3,(H,19,22)/t11?,12-,14?,16-/m1/s1. The molecular formula is C16H28ClFN2O5Si. The van der Waals surface area contributed by atoms with E-state index in [1.165, 1.54) is 0 Å². The molecule has 1 saturated heterocycles. The molecule has 26 heavy (non-hydrogen) atoms. The van der Waals surface area contributed by atoms with Crippen LogP contribution in [0.5, 0.6) is 0 Å². The molecule has 0 aromatic carbocycles. The third-order valence-electron chi connectivity index (χ3n) is 5.46. The van der Waals surface area contributed by atoms with Crippen LogP contribution >= 0.6 is 11.6 Å². The van der Waals surface area contributed by atoms with Gasteiger partial charge in [0, 0.05) is 12.6 Å². The first-order valence-corrected chi connectivity index (χ1v) is 12.0. The molecule has 0 spiro atoms. The van der Waals surface area contributed by atoms with Crippen LogP contribution in [0.2, 0.25) is 18.1 Å². The molecule has 2 aliphatic rings. The topological polar surface area (TPSA) is 91.3 Å². The van der Waals surface area contributed by atoms with E-state index in [2.05, 4.69) is 39.2 Å². The second-order valence-electron chi connectivity index (χ2n) is 8.30. The fourth-order valence-corrected chi connectivity index (χ4v) is 4.42. The van der Waals surface area contributed by atoms with Crippen LogP contribution in [-0.4, -0.2) is 66.1 Å². The summed E-state index contributed by atoms with van der Waals surface area (Å²) in [6, 6.07) is 0. The van der Waals surface area contributed by atoms with E-state index in [1.807, 2.05) is 0 Å². The maximum absolute atomic E-state index is 13.7. The van der Waals surface area contributed by atoms with E-state index >= 15 is 0 Å². The largest absolute Gasteiger partial charge is 0.411 e. The molecule has 0 aliphatic carbocycles. The van der Waals surface area contributed by atoms with E-state index in [4.69, 9.17) is 20.8 Å². The van der Waals surface area contributed by atoms with Gasteiger partial charge in [0.2, 0.25) is 12.2 Å². The minimum absolute atomic E-state index is 0.0260. The Hall–Kier alpha value is -0.713. The van der Waals surface area contributed by atoms with Gasteiger partial charge in [0.05, 0.1) is 18.6 Å². The van der Waals surface area contributed by atoms with Gasteiger partial charge in [-0.25, -0.2) is 0 Å². The molecule has 1 amide bonds. The second-order valence-corrected chi connectivity index (χ2v) is 13.3. The maximum Gasteiger partial charge on any atom is 0.284 e. The predicted molar refractivity (Wildman–Crippen MR) is 97.3 cm³/mol. The van der Waals surface area contributed by atoms with Crippen LogP contribution in [0, 0.1) is 0 Å². The zero-order valence-electron chi connectivity index (χ0n) is 15.8. The van der Waals surface area contributed by atoms with Gasteiger partial charge >= 0.3 is 0 Å². The van der Waals surface area contributed by atoms with Gasteiger partial charge in [0.25, 0.3) is 5.91 Å². The highest BCUT2D eigenvalue weighted by Gasteiger charge is 2.54. The quantitative estimate of drug-likeness (QED) is 0.471. The number of ether oxygens (including phenoxy) is 1. The third kappa shape index (κ3) is 3.92. The Labute approximate surface area is 159 Å². The molecule has 2 unspecified atom stereocenters. The second kappa shape index (κ2) is 7.37. The lowest BCUT2D eigenvalue weighted by atomic mass is 10.0. The number of hydrogen-bond acceptors (Lipinski definition) is 6. The summed E-state index contributed by atoms with van der Waals surface area (Å²) in [5, 5.41) is 22.0. The summed E-state index contributed by atoms with van der Waals surface area (Å²) in [5.74, 6) is -2.05. The number of alkyl halides is 1. The zero-order valence-corrected chi connectivity index (χ0v) is 17.5. The first-order chi connectivity index (χ1) is 11.9. The lowest BCUT2D eigenvalue weighted by Crippen LogP contribution is -2.54. The molecule has 0 radical (unpaired) electrons. The molecule has 7 nitrogen and oxygen atoms in total. The van der Waals surface area contributed by atoms with Crippen molar-refractivity contribution in [2.75, 3.05) is 12.5 Å². The van der Waals surface area contributed by atoms with E-state index in [0.717, 1.165) is 11.1 Å². The highest BCUT2D eigenvalue weighted by Crippen LogP contribution is 2.43. The highest BCUT2D eigenvalue weighted by molar-refractivity contribution is 6.74. The number of carbonyl (C=O) groups excluding carboxylic acids is 1. The van der Waals surface area contributed by atoms with Crippen LogP contribution in [0.4, 0.5) is 4.39 Å². The lowest BCUT2D eigenvalue weighted by Gasteiger charge is -2.42. The molecule has 2 heterocycles. The molecule has 2 aliphatic heterocycles. The average Bonchev–Trinajstić information content (AvgIpc) is 2.88. The molecule has 0 aromatic rings. The molecule has 1 fully saturated rings. The van der Waals surface area contributed by atoms with Crippen molar-refractivity contribution in [3.8, 4) is 0 Å². The summed E-state index contributed by atoms with van der Waals surface area (Å²) < 4.78 is 26.0. The lowest BCUT2D eigenvalue weighted by molar-refractivity contribution is -0.164. The van der Waals surface area contributed by atoms with Crippen molar-refractivity contribution in [3.05, 3.63) is 12.0 Å². The Morgan fingerprint density at radius 1 is 1.54 bits per heavy atom. The molecule has 4 atom stereocenters. The van der Waals surface area contributed by atoms with Crippen molar-refractivity contribution >= 4 is 25.8 Å². The van der Waals surface area contributed by atoms with Crippen molar-refractivity contribution in [1.82, 2.24) is 10.2 Å². The molecule has 3 N–H and O–H groups in total. The first kappa shape index (κ1) is 21.6. The summed E-state index contributed by atoms with van der Waals surface area (Å²) in [7, 11) is -2.20. The number of hydrogen-bond donors (Lipinski definition) is 3. The minimum Gasteiger partial charge on any atom is -0.411 e. The van der Waals surface area contributed by atoms with E-state index in [-0.39, 0.29) is 23.9 Å². The smallest absolute Gasteiger partial charge is 0.284 e. The van der Waals surface area contributed by atoms with Crippen LogP contribution in [0.1, 0.15) is 27.2 Å². The van der Waals surface area contributed by atoms with Gasteiger partial charge in [-0.3, -0.25) is 4.79 Å². The maximum atomic E-state index is 13.7. The van der Waals surface area contributed by atoms with E-state index < -0.39 is 44.3 Å². The number of rotatable bonds is 5. The molecular weight excluding hydrogens is 383 g/mol. The van der Waals surface area contributed by atoms with E-state index in [0.29, 0.717) is 0 Å². The van der Waals surface area contributed by atoms with Crippen molar-refractivity contribution in [2.24, 2.45) is 0 Å². The number of aliphatic hydroxyl groups excluding tert-OH is 2. The number of carbonyl (C=O) groups is 1. The Kier molecular flexibility index (Phi) is 6.11. The number of amides is 1. The Bertz CT molecular complexity index is 579. The fraction of sp³-hybridized carbons (Fsp3) is 0.812. The first-order valence-electron chi connectivity index (χ1n) is 8.53. The van der Waals surface area contributed by atoms with Crippen molar-refractivity contribution in [2.45, 2.75) is 69.6 Å². The number of nitrogens with one attached hydrogen (secondary N) is 1. The Balaban J connectivity index is 2.28. The van der Waals surface area contributed by atoms with Gasteiger partial charge in [-0.05, 0) is 18.1 Å². The van der Waals surface area contributed by atoms with Crippen LogP contribution < -0.4 is 5.32 Å². The van der Waals surface area contributed by atoms with Crippen molar-refractivity contribution < 1.29 is 28.6 Å². The Morgan fingerprint density at radius 2 is 2.15 bits per heavy atom. The average molecular weight is 411 g/mol. The van der Waals surface area contributed by atoms with Gasteiger partial charge < -0.3 is 29.6 Å². The van der Waals surface area contributed by atoms with E-state index in [1.54, 1.807) is 0 Å². The zero-order chi connectivity index (χ0) is 19.9. The Morgan fingerprint density at radius 3 is 2.65 bits per heavy atom. The summed E-state index contributed by atoms with van der Waals surface area (Å²) in [5.41, 5.74) is -1.17. The summed E-state index contributed by atoms with van der Waals surface area (Å²) in [6.07, 6.45) is -1.62. The van der Waals surface area contributed by atoms with Crippen LogP contribution in [-0.2, 0) is 14.0 Å². The van der Waals surface area contributed by atoms with Crippen LogP contribution in [0.3, 0.4) is 0 Å². The predicted octanol–water partition coefficient (Wildman–Crippen LogP) is 1.61. The fourth-order valence-electron chi connectivity index (χ4n) is 2.72. The monoisotopic (exact) mass is 410 g/mol. The molecule has 0 saturated carbocycles. The van der Waals surface area contributed by atoms with Gasteiger partial charge in [0.15, 0.2) is 8.32 Å². The van der Waals surface area contributed by atoms with Gasteiger partial charge in [-0.1, -0.05) is 20.8 Å². The van der Waals surface area contributed by atoms with E-state index in [9.17, 15) is 19.4 Å². The van der Waals surface area contributed by atoms with Gasteiger partial charge in [0.1, 0.15) is 11.8 Å². The van der Waals surface area contributed by atoms with Crippen LogP contribution in [0.15, 0.2) is 12.0 Å². The number of aliphatic hydroxyl groups is 2. The normalized spacial score (nSPS) is 33.3. The van der Waals surface area contributed by atoms with Gasteiger partial charge in [-0.2, -0.15) is 4.39 Å². The van der Waals surface area contributed by atoms with Gasteiger partial charge in [-0.15, -0.1) is 11.6 Å². The third-order valence-corrected chi connectivity index (χ3v) is 10.4. The summed E-state index contributed by atoms with van der Waals surface area (Å²) in [4.78, 5) is 12.5. The van der Waals surface area contributed by atoms with Crippen molar-refractivity contribution in [3.63, 3.8) is 0 Å². The molecule has 10 heteroatoms. The molecule has 0 bridgehead atoms. The molecule has 150 valence electrons. The highest BCUT2D eigenvalue weighted by atomic mass is 35.5. The van der Waals surface area contributed by atoms with Crippen molar-refractivity contribution in [1.29, 1.82) is 0 Å². The molecule has 0 aromatic heterocycles. The number of halogens is 2. The van der Waals surface area contributed by atoms with Crippen LogP contribution in [0.25, 0.3) is 0 Å². The minimum atomic E-state index is -2.20. The number of nitrogens with zero attached hydrogens (tertiary/aromatic N) is 1.